The number of nitrogens with two attached hydrogens (primary N) is 1. The van der Waals surface area contributed by atoms with Crippen molar-refractivity contribution >= 4 is 31.6 Å². The molecule has 0 aliphatic heterocycles. The maximum Gasteiger partial charge on any atom is 0.238 e. The summed E-state index contributed by atoms with van der Waals surface area (Å²) in [5.41, 5.74) is 1.78. The topological polar surface area (TPSA) is 90.6 Å². The third kappa shape index (κ3) is 5.62. The Kier molecular flexibility index (Phi) is 7.31. The Morgan fingerprint density at radius 1 is 1.08 bits per heavy atom. The number of benzene rings is 2. The fraction of sp³-hybridized carbons (Fsp3) is 0.333. The van der Waals surface area contributed by atoms with Gasteiger partial charge in [-0.15, -0.1) is 0 Å². The predicted octanol–water partition coefficient (Wildman–Crippen LogP) is 3.90. The molecule has 0 aliphatic carbocycles. The van der Waals surface area contributed by atoms with Crippen LogP contribution in [0.5, 0.6) is 11.5 Å². The second-order valence-corrected chi connectivity index (χ2v) is 8.01. The van der Waals surface area contributed by atoms with Gasteiger partial charge in [0.1, 0.15) is 0 Å². The van der Waals surface area contributed by atoms with Gasteiger partial charge in [-0.05, 0) is 55.3 Å². The monoisotopic (exact) mass is 442 g/mol. The van der Waals surface area contributed by atoms with Crippen LogP contribution in [0.15, 0.2) is 45.8 Å². The molecule has 3 N–H and O–H groups in total. The van der Waals surface area contributed by atoms with E-state index >= 15 is 0 Å². The number of rotatable bonds is 9. The number of ether oxygens (including phenoxy) is 2. The van der Waals surface area contributed by atoms with Gasteiger partial charge in [-0.3, -0.25) is 0 Å². The average Bonchev–Trinajstić information content (AvgIpc) is 2.60. The number of nitrogens with one attached hydrogen (secondary N) is 1. The number of halogens is 1. The molecular weight excluding hydrogens is 420 g/mol. The molecule has 0 heterocycles. The first kappa shape index (κ1) is 20.5. The Balaban J connectivity index is 2.14. The quantitative estimate of drug-likeness (QED) is 0.614. The lowest BCUT2D eigenvalue weighted by Crippen LogP contribution is -2.12. The van der Waals surface area contributed by atoms with Gasteiger partial charge >= 0.3 is 0 Å². The van der Waals surface area contributed by atoms with Gasteiger partial charge in [-0.1, -0.05) is 22.9 Å². The van der Waals surface area contributed by atoms with Crippen LogP contribution in [0.2, 0.25) is 0 Å². The molecule has 2 aromatic carbocycles. The minimum atomic E-state index is -3.68. The lowest BCUT2D eigenvalue weighted by molar-refractivity contribution is 0.276. The highest BCUT2D eigenvalue weighted by atomic mass is 79.9. The van der Waals surface area contributed by atoms with Crippen molar-refractivity contribution in [2.24, 2.45) is 5.14 Å². The van der Waals surface area contributed by atoms with Crippen molar-refractivity contribution < 1.29 is 17.9 Å². The van der Waals surface area contributed by atoms with Crippen molar-refractivity contribution in [2.45, 2.75) is 31.7 Å². The fourth-order valence-electron chi connectivity index (χ4n) is 2.27. The standard InChI is InChI=1S/C18H23BrN2O4S/c1-3-9-25-18-11-16(19)13(10-17(18)24-4-2)12-21-14-5-7-15(8-6-14)26(20,22)23/h5-8,10-11,21H,3-4,9,12H2,1-2H3,(H2,20,22,23). The first-order chi connectivity index (χ1) is 12.3. The number of hydrogen-bond acceptors (Lipinski definition) is 5. The number of primary sulfonamides is 1. The van der Waals surface area contributed by atoms with Crippen molar-refractivity contribution in [3.8, 4) is 11.5 Å². The van der Waals surface area contributed by atoms with Crippen LogP contribution in [0.3, 0.4) is 0 Å². The lowest BCUT2D eigenvalue weighted by atomic mass is 10.2. The van der Waals surface area contributed by atoms with Crippen LogP contribution >= 0.6 is 15.9 Å². The Morgan fingerprint density at radius 3 is 2.31 bits per heavy atom. The van der Waals surface area contributed by atoms with Crippen molar-refractivity contribution in [3.63, 3.8) is 0 Å². The lowest BCUT2D eigenvalue weighted by Gasteiger charge is -2.15. The Labute approximate surface area is 162 Å². The molecule has 0 fully saturated rings. The molecule has 0 unspecified atom stereocenters. The Bertz CT molecular complexity index is 839. The Hall–Kier alpha value is -1.77. The van der Waals surface area contributed by atoms with Crippen molar-refractivity contribution in [1.29, 1.82) is 0 Å². The number of hydrogen-bond donors (Lipinski definition) is 2. The second kappa shape index (κ2) is 9.25. The predicted molar refractivity (Wildman–Crippen MR) is 106 cm³/mol. The zero-order chi connectivity index (χ0) is 19.2. The van der Waals surface area contributed by atoms with Crippen LogP contribution in [0.4, 0.5) is 5.69 Å². The largest absolute Gasteiger partial charge is 0.490 e. The van der Waals surface area contributed by atoms with Crippen LogP contribution in [0.1, 0.15) is 25.8 Å². The molecule has 2 rings (SSSR count). The summed E-state index contributed by atoms with van der Waals surface area (Å²) in [7, 11) is -3.68. The average molecular weight is 443 g/mol. The highest BCUT2D eigenvalue weighted by Gasteiger charge is 2.11. The zero-order valence-corrected chi connectivity index (χ0v) is 17.2. The summed E-state index contributed by atoms with van der Waals surface area (Å²) in [6.45, 7) is 5.68. The van der Waals surface area contributed by atoms with Crippen LogP contribution in [-0.2, 0) is 16.6 Å². The van der Waals surface area contributed by atoms with Crippen LogP contribution < -0.4 is 19.9 Å². The van der Waals surface area contributed by atoms with Gasteiger partial charge < -0.3 is 14.8 Å². The SMILES string of the molecule is CCCOc1cc(Br)c(CNc2ccc(S(N)(=O)=O)cc2)cc1OCC. The molecular formula is C18H23BrN2O4S. The van der Waals surface area contributed by atoms with Crippen molar-refractivity contribution in [1.82, 2.24) is 0 Å². The molecule has 6 nitrogen and oxygen atoms in total. The molecule has 0 atom stereocenters. The van der Waals surface area contributed by atoms with Crippen LogP contribution in [-0.4, -0.2) is 21.6 Å². The summed E-state index contributed by atoms with van der Waals surface area (Å²) < 4.78 is 34.9. The minimum absolute atomic E-state index is 0.0836. The van der Waals surface area contributed by atoms with E-state index in [-0.39, 0.29) is 4.90 Å². The molecule has 0 radical (unpaired) electrons. The van der Waals surface area contributed by atoms with E-state index in [1.54, 1.807) is 12.1 Å². The van der Waals surface area contributed by atoms with E-state index in [0.29, 0.717) is 31.3 Å². The summed E-state index contributed by atoms with van der Waals surface area (Å²) in [6.07, 6.45) is 0.918. The van der Waals surface area contributed by atoms with Gasteiger partial charge in [0.25, 0.3) is 0 Å². The first-order valence-electron chi connectivity index (χ1n) is 8.30. The van der Waals surface area contributed by atoms with Crippen molar-refractivity contribution in [2.75, 3.05) is 18.5 Å². The smallest absolute Gasteiger partial charge is 0.238 e. The van der Waals surface area contributed by atoms with E-state index < -0.39 is 10.0 Å². The summed E-state index contributed by atoms with van der Waals surface area (Å²) in [5, 5.41) is 8.36. The van der Waals surface area contributed by atoms with Gasteiger partial charge in [-0.2, -0.15) is 0 Å². The molecule has 0 spiro atoms. The molecule has 0 saturated heterocycles. The molecule has 0 saturated carbocycles. The van der Waals surface area contributed by atoms with Crippen molar-refractivity contribution in [3.05, 3.63) is 46.4 Å². The molecule has 0 aliphatic rings. The van der Waals surface area contributed by atoms with Gasteiger partial charge in [-0.25, -0.2) is 13.6 Å². The molecule has 2 aromatic rings. The Morgan fingerprint density at radius 2 is 1.73 bits per heavy atom. The molecule has 8 heteroatoms. The van der Waals surface area contributed by atoms with Crippen LogP contribution in [0.25, 0.3) is 0 Å². The van der Waals surface area contributed by atoms with Gasteiger partial charge in [0.2, 0.25) is 10.0 Å². The highest BCUT2D eigenvalue weighted by Crippen LogP contribution is 2.34. The van der Waals surface area contributed by atoms with E-state index in [4.69, 9.17) is 14.6 Å². The van der Waals surface area contributed by atoms with E-state index in [1.165, 1.54) is 12.1 Å². The van der Waals surface area contributed by atoms with Gasteiger partial charge in [0.15, 0.2) is 11.5 Å². The maximum atomic E-state index is 11.3. The molecule has 0 aromatic heterocycles. The molecule has 0 bridgehead atoms. The van der Waals surface area contributed by atoms with E-state index in [1.807, 2.05) is 19.1 Å². The summed E-state index contributed by atoms with van der Waals surface area (Å²) in [5.74, 6) is 1.41. The third-order valence-corrected chi connectivity index (χ3v) is 5.21. The highest BCUT2D eigenvalue weighted by molar-refractivity contribution is 9.10. The summed E-state index contributed by atoms with van der Waals surface area (Å²) in [6, 6.07) is 10.1. The van der Waals surface area contributed by atoms with E-state index in [9.17, 15) is 8.42 Å². The number of anilines is 1. The van der Waals surface area contributed by atoms with Gasteiger partial charge in [0.05, 0.1) is 18.1 Å². The first-order valence-corrected chi connectivity index (χ1v) is 10.6. The van der Waals surface area contributed by atoms with E-state index in [0.717, 1.165) is 22.1 Å². The summed E-state index contributed by atoms with van der Waals surface area (Å²) >= 11 is 3.56. The fourth-order valence-corrected chi connectivity index (χ4v) is 3.24. The summed E-state index contributed by atoms with van der Waals surface area (Å²) in [4.78, 5) is 0.0836. The zero-order valence-electron chi connectivity index (χ0n) is 14.8. The second-order valence-electron chi connectivity index (χ2n) is 5.59. The molecule has 142 valence electrons. The normalized spacial score (nSPS) is 11.2. The minimum Gasteiger partial charge on any atom is -0.490 e. The number of sulfonamides is 1. The van der Waals surface area contributed by atoms with Gasteiger partial charge in [0, 0.05) is 16.7 Å². The molecule has 0 amide bonds. The van der Waals surface area contributed by atoms with Crippen LogP contribution in [0, 0.1) is 0 Å². The van der Waals surface area contributed by atoms with E-state index in [2.05, 4.69) is 28.2 Å². The third-order valence-electron chi connectivity index (χ3n) is 3.54. The molecule has 26 heavy (non-hydrogen) atoms. The maximum absolute atomic E-state index is 11.3.